The fraction of sp³-hybridized carbons (Fsp3) is 0.133. The van der Waals surface area contributed by atoms with Crippen LogP contribution in [0.4, 0.5) is 8.78 Å². The predicted molar refractivity (Wildman–Crippen MR) is 75.3 cm³/mol. The van der Waals surface area contributed by atoms with Crippen LogP contribution in [0.25, 0.3) is 22.3 Å². The fourth-order valence-corrected chi connectivity index (χ4v) is 2.68. The molecule has 3 aromatic heterocycles. The summed E-state index contributed by atoms with van der Waals surface area (Å²) in [6.07, 6.45) is 2.19. The molecule has 0 atom stereocenters. The van der Waals surface area contributed by atoms with Gasteiger partial charge in [0.05, 0.1) is 11.1 Å². The number of pyridine rings is 2. The van der Waals surface area contributed by atoms with Crippen molar-refractivity contribution in [1.82, 2.24) is 20.3 Å². The highest BCUT2D eigenvalue weighted by molar-refractivity contribution is 5.99. The molecule has 0 unspecified atom stereocenters. The topological polar surface area (TPSA) is 70.7 Å². The average molecular weight is 300 g/mol. The quantitative estimate of drug-likeness (QED) is 0.677. The van der Waals surface area contributed by atoms with Crippen LogP contribution in [0, 0.1) is 11.8 Å². The van der Waals surface area contributed by atoms with Crippen LogP contribution in [-0.2, 0) is 6.42 Å². The van der Waals surface area contributed by atoms with Gasteiger partial charge >= 0.3 is 0 Å². The van der Waals surface area contributed by atoms with Gasteiger partial charge in [-0.3, -0.25) is 9.78 Å². The first kappa shape index (κ1) is 12.9. The minimum Gasteiger partial charge on any atom is -0.358 e. The molecule has 0 bridgehead atoms. The van der Waals surface area contributed by atoms with Gasteiger partial charge in [0.15, 0.2) is 5.82 Å². The Morgan fingerprint density at radius 3 is 2.86 bits per heavy atom. The zero-order valence-electron chi connectivity index (χ0n) is 11.3. The lowest BCUT2D eigenvalue weighted by atomic mass is 10.1. The Kier molecular flexibility index (Phi) is 2.69. The van der Waals surface area contributed by atoms with Crippen molar-refractivity contribution in [2.24, 2.45) is 0 Å². The van der Waals surface area contributed by atoms with E-state index < -0.39 is 11.8 Å². The molecule has 7 heteroatoms. The van der Waals surface area contributed by atoms with Crippen LogP contribution in [-0.4, -0.2) is 27.4 Å². The number of nitrogens with one attached hydrogen (secondary N) is 2. The number of halogens is 2. The number of hydrogen-bond acceptors (Lipinski definition) is 3. The Labute approximate surface area is 123 Å². The third-order valence-electron chi connectivity index (χ3n) is 3.72. The van der Waals surface area contributed by atoms with Gasteiger partial charge in [-0.2, -0.15) is 4.39 Å². The standard InChI is InChI=1S/C15H10F2N4O/c16-9-6-12-13(21-14(9)17)7(1-3-18-12)11-5-8-10(20-11)2-4-19-15(8)22/h1,3,5-6,20H,2,4H2,(H,19,22). The summed E-state index contributed by atoms with van der Waals surface area (Å²) in [5.41, 5.74) is 3.10. The van der Waals surface area contributed by atoms with Gasteiger partial charge in [0.1, 0.15) is 5.52 Å². The van der Waals surface area contributed by atoms with Gasteiger partial charge in [0.2, 0.25) is 5.95 Å². The summed E-state index contributed by atoms with van der Waals surface area (Å²) in [6, 6.07) is 4.36. The van der Waals surface area contributed by atoms with Crippen LogP contribution >= 0.6 is 0 Å². The summed E-state index contributed by atoms with van der Waals surface area (Å²) in [5.74, 6) is -2.36. The smallest absolute Gasteiger partial charge is 0.253 e. The number of aromatic amines is 1. The van der Waals surface area contributed by atoms with Crippen molar-refractivity contribution in [2.45, 2.75) is 6.42 Å². The number of amides is 1. The maximum Gasteiger partial charge on any atom is 0.253 e. The van der Waals surface area contributed by atoms with Crippen LogP contribution in [0.5, 0.6) is 0 Å². The molecule has 1 amide bonds. The Hall–Kier alpha value is -2.83. The van der Waals surface area contributed by atoms with E-state index in [0.29, 0.717) is 29.8 Å². The molecule has 4 heterocycles. The lowest BCUT2D eigenvalue weighted by molar-refractivity contribution is 0.0946. The maximum atomic E-state index is 13.4. The fourth-order valence-electron chi connectivity index (χ4n) is 2.68. The van der Waals surface area contributed by atoms with Gasteiger partial charge in [0, 0.05) is 42.2 Å². The number of carbonyl (C=O) groups is 1. The monoisotopic (exact) mass is 300 g/mol. The first-order valence-electron chi connectivity index (χ1n) is 6.74. The van der Waals surface area contributed by atoms with Crippen LogP contribution in [0.1, 0.15) is 16.1 Å². The van der Waals surface area contributed by atoms with E-state index in [1.165, 1.54) is 6.20 Å². The van der Waals surface area contributed by atoms with Crippen molar-refractivity contribution in [3.63, 3.8) is 0 Å². The summed E-state index contributed by atoms with van der Waals surface area (Å²) >= 11 is 0. The van der Waals surface area contributed by atoms with E-state index >= 15 is 0 Å². The molecule has 110 valence electrons. The highest BCUT2D eigenvalue weighted by atomic mass is 19.2. The van der Waals surface area contributed by atoms with Gasteiger partial charge in [-0.05, 0) is 12.1 Å². The highest BCUT2D eigenvalue weighted by Gasteiger charge is 2.21. The number of H-pyrrole nitrogens is 1. The van der Waals surface area contributed by atoms with Gasteiger partial charge in [-0.25, -0.2) is 9.37 Å². The second-order valence-electron chi connectivity index (χ2n) is 5.07. The van der Waals surface area contributed by atoms with Crippen molar-refractivity contribution < 1.29 is 13.6 Å². The zero-order valence-corrected chi connectivity index (χ0v) is 11.3. The van der Waals surface area contributed by atoms with Crippen molar-refractivity contribution in [1.29, 1.82) is 0 Å². The lowest BCUT2D eigenvalue weighted by Crippen LogP contribution is -2.31. The third-order valence-corrected chi connectivity index (χ3v) is 3.72. The summed E-state index contributed by atoms with van der Waals surface area (Å²) in [7, 11) is 0. The Bertz CT molecular complexity index is 919. The summed E-state index contributed by atoms with van der Waals surface area (Å²) in [5, 5.41) is 2.76. The largest absolute Gasteiger partial charge is 0.358 e. The molecule has 0 saturated carbocycles. The summed E-state index contributed by atoms with van der Waals surface area (Å²) < 4.78 is 26.7. The van der Waals surface area contributed by atoms with Gasteiger partial charge in [-0.15, -0.1) is 0 Å². The third kappa shape index (κ3) is 1.86. The molecule has 1 aliphatic heterocycles. The minimum absolute atomic E-state index is 0.146. The van der Waals surface area contributed by atoms with Crippen molar-refractivity contribution in [3.8, 4) is 11.3 Å². The normalized spacial score (nSPS) is 14.0. The van der Waals surface area contributed by atoms with Gasteiger partial charge < -0.3 is 10.3 Å². The number of hydrogen-bond donors (Lipinski definition) is 2. The summed E-state index contributed by atoms with van der Waals surface area (Å²) in [6.45, 7) is 0.570. The molecule has 0 aromatic carbocycles. The Morgan fingerprint density at radius 2 is 2.05 bits per heavy atom. The van der Waals surface area contributed by atoms with E-state index in [9.17, 15) is 13.6 Å². The molecule has 5 nitrogen and oxygen atoms in total. The molecule has 0 aliphatic carbocycles. The zero-order chi connectivity index (χ0) is 15.3. The molecule has 22 heavy (non-hydrogen) atoms. The van der Waals surface area contributed by atoms with Gasteiger partial charge in [0.25, 0.3) is 5.91 Å². The maximum absolute atomic E-state index is 13.4. The highest BCUT2D eigenvalue weighted by Crippen LogP contribution is 2.29. The Balaban J connectivity index is 1.95. The van der Waals surface area contributed by atoms with Crippen LogP contribution in [0.2, 0.25) is 0 Å². The van der Waals surface area contributed by atoms with Crippen LogP contribution in [0.15, 0.2) is 24.4 Å². The van der Waals surface area contributed by atoms with E-state index in [0.717, 1.165) is 11.8 Å². The number of fused-ring (bicyclic) bond motifs is 2. The first-order chi connectivity index (χ1) is 10.6. The van der Waals surface area contributed by atoms with Gasteiger partial charge in [-0.1, -0.05) is 0 Å². The second-order valence-corrected chi connectivity index (χ2v) is 5.07. The van der Waals surface area contributed by atoms with E-state index in [1.54, 1.807) is 12.1 Å². The molecular formula is C15H10F2N4O. The number of nitrogens with zero attached hydrogens (tertiary/aromatic N) is 2. The van der Waals surface area contributed by atoms with E-state index in [1.807, 2.05) is 0 Å². The van der Waals surface area contributed by atoms with Crippen LogP contribution < -0.4 is 5.32 Å². The second kappa shape index (κ2) is 4.59. The lowest BCUT2D eigenvalue weighted by Gasteiger charge is -2.11. The van der Waals surface area contributed by atoms with E-state index in [2.05, 4.69) is 20.3 Å². The first-order valence-corrected chi connectivity index (χ1v) is 6.74. The number of carbonyl (C=O) groups excluding carboxylic acids is 1. The van der Waals surface area contributed by atoms with Crippen molar-refractivity contribution >= 4 is 16.9 Å². The molecule has 2 N–H and O–H groups in total. The Morgan fingerprint density at radius 1 is 1.18 bits per heavy atom. The molecule has 0 fully saturated rings. The molecular weight excluding hydrogens is 290 g/mol. The van der Waals surface area contributed by atoms with E-state index in [-0.39, 0.29) is 16.9 Å². The summed E-state index contributed by atoms with van der Waals surface area (Å²) in [4.78, 5) is 22.6. The molecule has 0 saturated heterocycles. The molecule has 1 aliphatic rings. The number of aromatic nitrogens is 3. The van der Waals surface area contributed by atoms with E-state index in [4.69, 9.17) is 0 Å². The molecule has 4 rings (SSSR count). The van der Waals surface area contributed by atoms with Crippen molar-refractivity contribution in [2.75, 3.05) is 6.54 Å². The van der Waals surface area contributed by atoms with Crippen molar-refractivity contribution in [3.05, 3.63) is 47.4 Å². The molecule has 0 spiro atoms. The predicted octanol–water partition coefficient (Wildman–Crippen LogP) is 2.19. The average Bonchev–Trinajstić information content (AvgIpc) is 2.93. The number of rotatable bonds is 1. The SMILES string of the molecule is O=C1NCCc2[nH]c(-c3ccnc4cc(F)c(F)nc34)cc21. The minimum atomic E-state index is -1.17. The molecule has 3 aromatic rings. The molecule has 0 radical (unpaired) electrons. The van der Waals surface area contributed by atoms with Crippen LogP contribution in [0.3, 0.4) is 0 Å².